The van der Waals surface area contributed by atoms with E-state index >= 15 is 0 Å². The molecule has 0 spiro atoms. The lowest BCUT2D eigenvalue weighted by Gasteiger charge is -2.47. The highest BCUT2D eigenvalue weighted by Gasteiger charge is 2.52. The first-order chi connectivity index (χ1) is 15.9. The summed E-state index contributed by atoms with van der Waals surface area (Å²) in [5.74, 6) is -0.109. The van der Waals surface area contributed by atoms with E-state index in [1.165, 1.54) is 62.8 Å². The van der Waals surface area contributed by atoms with Crippen molar-refractivity contribution >= 4 is 26.0 Å². The van der Waals surface area contributed by atoms with Crippen molar-refractivity contribution in [2.24, 2.45) is 5.41 Å². The number of esters is 1. The first-order valence-corrected chi connectivity index (χ1v) is 13.1. The van der Waals surface area contributed by atoms with Gasteiger partial charge in [0.15, 0.2) is 6.17 Å². The summed E-state index contributed by atoms with van der Waals surface area (Å²) in [6, 6.07) is 11.3. The molecule has 0 aliphatic carbocycles. The number of hydrogen-bond donors (Lipinski definition) is 0. The summed E-state index contributed by atoms with van der Waals surface area (Å²) in [5.41, 5.74) is -0.816. The molecule has 1 fully saturated rings. The quantitative estimate of drug-likeness (QED) is 0.516. The fraction of sp³-hybridized carbons (Fsp3) is 0.409. The summed E-state index contributed by atoms with van der Waals surface area (Å²) in [7, 11) is -4.61. The molecule has 186 valence electrons. The summed E-state index contributed by atoms with van der Waals surface area (Å²) < 4.78 is 71.3. The van der Waals surface area contributed by atoms with Crippen molar-refractivity contribution in [2.75, 3.05) is 34.4 Å². The zero-order valence-corrected chi connectivity index (χ0v) is 21.2. The molecule has 0 radical (unpaired) electrons. The molecule has 1 saturated heterocycles. The predicted octanol–water partition coefficient (Wildman–Crippen LogP) is 1.92. The second-order valence-corrected chi connectivity index (χ2v) is 12.3. The molecule has 1 aliphatic rings. The van der Waals surface area contributed by atoms with Crippen molar-refractivity contribution in [3.8, 4) is 11.5 Å². The molecule has 0 saturated carbocycles. The number of ether oxygens (including phenoxy) is 3. The molecule has 0 aromatic heterocycles. The third-order valence-corrected chi connectivity index (χ3v) is 9.09. The Morgan fingerprint density at radius 3 is 1.41 bits per heavy atom. The minimum Gasteiger partial charge on any atom is -0.497 e. The van der Waals surface area contributed by atoms with Gasteiger partial charge >= 0.3 is 5.97 Å². The van der Waals surface area contributed by atoms with Crippen LogP contribution in [0.4, 0.5) is 0 Å². The lowest BCUT2D eigenvalue weighted by molar-refractivity contribution is -0.152. The van der Waals surface area contributed by atoms with Crippen LogP contribution in [0.15, 0.2) is 58.3 Å². The molecular weight excluding hydrogens is 484 g/mol. The van der Waals surface area contributed by atoms with Crippen LogP contribution in [-0.2, 0) is 29.6 Å². The number of carbonyl (C=O) groups excluding carboxylic acids is 1. The monoisotopic (exact) mass is 512 g/mol. The Kier molecular flexibility index (Phi) is 7.27. The first-order valence-electron chi connectivity index (χ1n) is 10.3. The maximum atomic E-state index is 13.6. The van der Waals surface area contributed by atoms with Gasteiger partial charge in [0.05, 0.1) is 31.1 Å². The van der Waals surface area contributed by atoms with E-state index in [2.05, 4.69) is 0 Å². The minimum atomic E-state index is -4.30. The van der Waals surface area contributed by atoms with Crippen molar-refractivity contribution in [1.82, 2.24) is 8.61 Å². The van der Waals surface area contributed by atoms with Crippen molar-refractivity contribution in [3.05, 3.63) is 48.5 Å². The summed E-state index contributed by atoms with van der Waals surface area (Å²) in [6.07, 6.45) is -1.72. The van der Waals surface area contributed by atoms with Crippen LogP contribution in [-0.4, -0.2) is 72.0 Å². The Labute approximate surface area is 200 Å². The number of hydrogen-bond acceptors (Lipinski definition) is 8. The van der Waals surface area contributed by atoms with Gasteiger partial charge in [0.25, 0.3) is 0 Å². The molecular formula is C22H28N2O8S2. The van der Waals surface area contributed by atoms with Gasteiger partial charge < -0.3 is 14.2 Å². The highest BCUT2D eigenvalue weighted by atomic mass is 32.2. The third-order valence-electron chi connectivity index (χ3n) is 5.46. The van der Waals surface area contributed by atoms with Crippen LogP contribution < -0.4 is 9.47 Å². The van der Waals surface area contributed by atoms with Gasteiger partial charge in [-0.2, -0.15) is 8.61 Å². The Balaban J connectivity index is 2.15. The molecule has 0 atom stereocenters. The van der Waals surface area contributed by atoms with Gasteiger partial charge in [-0.05, 0) is 53.9 Å². The number of carbonyl (C=O) groups is 1. The van der Waals surface area contributed by atoms with E-state index in [9.17, 15) is 21.6 Å². The second-order valence-electron chi connectivity index (χ2n) is 8.51. The highest BCUT2D eigenvalue weighted by molar-refractivity contribution is 7.90. The van der Waals surface area contributed by atoms with E-state index in [4.69, 9.17) is 14.2 Å². The van der Waals surface area contributed by atoms with E-state index in [0.717, 1.165) is 15.7 Å². The van der Waals surface area contributed by atoms with Crippen LogP contribution in [0.3, 0.4) is 0 Å². The summed E-state index contributed by atoms with van der Waals surface area (Å²) in [5, 5.41) is 0. The first kappa shape index (κ1) is 25.9. The van der Waals surface area contributed by atoms with Gasteiger partial charge in [-0.15, -0.1) is 0 Å². The maximum absolute atomic E-state index is 13.6. The SMILES string of the molecule is COC(=O)C1N(S(=O)(=O)c2ccc(OC)cc2)CC(C)(C)CN1S(=O)(=O)c1ccc(OC)cc1. The van der Waals surface area contributed by atoms with Crippen molar-refractivity contribution in [1.29, 1.82) is 0 Å². The van der Waals surface area contributed by atoms with E-state index in [0.29, 0.717) is 11.5 Å². The fourth-order valence-electron chi connectivity index (χ4n) is 3.75. The number of methoxy groups -OCH3 is 3. The number of sulfonamides is 2. The van der Waals surface area contributed by atoms with E-state index < -0.39 is 37.6 Å². The van der Waals surface area contributed by atoms with Gasteiger partial charge in [0, 0.05) is 13.1 Å². The summed E-state index contributed by atoms with van der Waals surface area (Å²) in [6.45, 7) is 3.26. The molecule has 0 bridgehead atoms. The zero-order valence-electron chi connectivity index (χ0n) is 19.6. The average molecular weight is 513 g/mol. The highest BCUT2D eigenvalue weighted by Crippen LogP contribution is 2.36. The van der Waals surface area contributed by atoms with Crippen LogP contribution >= 0.6 is 0 Å². The van der Waals surface area contributed by atoms with Gasteiger partial charge in [-0.1, -0.05) is 13.8 Å². The molecule has 0 unspecified atom stereocenters. The number of benzene rings is 2. The molecule has 1 aliphatic heterocycles. The normalized spacial score (nSPS) is 17.8. The third kappa shape index (κ3) is 4.90. The molecule has 3 rings (SSSR count). The van der Waals surface area contributed by atoms with Gasteiger partial charge in [0.1, 0.15) is 11.5 Å². The van der Waals surface area contributed by atoms with Gasteiger partial charge in [-0.3, -0.25) is 0 Å². The topological polar surface area (TPSA) is 120 Å². The number of rotatable bonds is 7. The molecule has 34 heavy (non-hydrogen) atoms. The Bertz CT molecular complexity index is 1150. The van der Waals surface area contributed by atoms with Crippen molar-refractivity contribution in [3.63, 3.8) is 0 Å². The van der Waals surface area contributed by atoms with E-state index in [1.807, 2.05) is 0 Å². The lowest BCUT2D eigenvalue weighted by Crippen LogP contribution is -2.65. The smallest absolute Gasteiger partial charge is 0.340 e. The van der Waals surface area contributed by atoms with Gasteiger partial charge in [0.2, 0.25) is 20.0 Å². The standard InChI is InChI=1S/C22H28N2O8S2/c1-22(2)14-23(33(26,27)18-10-6-16(30-3)7-11-18)20(21(25)32-5)24(15-22)34(28,29)19-12-8-17(31-4)9-13-19/h6-13,20H,14-15H2,1-5H3. The predicted molar refractivity (Wildman–Crippen MR) is 123 cm³/mol. The molecule has 0 N–H and O–H groups in total. The molecule has 12 heteroatoms. The van der Waals surface area contributed by atoms with Crippen LogP contribution in [0.1, 0.15) is 13.8 Å². The Morgan fingerprint density at radius 2 is 1.12 bits per heavy atom. The maximum Gasteiger partial charge on any atom is 0.340 e. The molecule has 10 nitrogen and oxygen atoms in total. The van der Waals surface area contributed by atoms with E-state index in [1.54, 1.807) is 13.8 Å². The molecule has 0 amide bonds. The Hall–Kier alpha value is -2.67. The molecule has 2 aromatic carbocycles. The zero-order chi connectivity index (χ0) is 25.3. The molecule has 2 aromatic rings. The fourth-order valence-corrected chi connectivity index (χ4v) is 7.28. The van der Waals surface area contributed by atoms with Crippen LogP contribution in [0, 0.1) is 5.41 Å². The largest absolute Gasteiger partial charge is 0.497 e. The van der Waals surface area contributed by atoms with Crippen LogP contribution in [0.25, 0.3) is 0 Å². The van der Waals surface area contributed by atoms with Gasteiger partial charge in [-0.25, -0.2) is 21.6 Å². The molecule has 1 heterocycles. The average Bonchev–Trinajstić information content (AvgIpc) is 2.82. The summed E-state index contributed by atoms with van der Waals surface area (Å²) in [4.78, 5) is 12.7. The lowest BCUT2D eigenvalue weighted by atomic mass is 9.91. The second kappa shape index (κ2) is 9.53. The van der Waals surface area contributed by atoms with Crippen LogP contribution in [0.2, 0.25) is 0 Å². The minimum absolute atomic E-state index is 0.101. The number of nitrogens with zero attached hydrogens (tertiary/aromatic N) is 2. The van der Waals surface area contributed by atoms with E-state index in [-0.39, 0.29) is 22.9 Å². The van der Waals surface area contributed by atoms with Crippen molar-refractivity contribution in [2.45, 2.75) is 29.8 Å². The Morgan fingerprint density at radius 1 is 0.765 bits per heavy atom. The summed E-state index contributed by atoms with van der Waals surface area (Å²) >= 11 is 0. The van der Waals surface area contributed by atoms with Crippen molar-refractivity contribution < 1.29 is 35.8 Å². The van der Waals surface area contributed by atoms with Crippen LogP contribution in [0.5, 0.6) is 11.5 Å².